The van der Waals surface area contributed by atoms with Crippen molar-refractivity contribution < 1.29 is 8.42 Å². The number of hydrogen-bond acceptors (Lipinski definition) is 6. The van der Waals surface area contributed by atoms with Gasteiger partial charge in [0.1, 0.15) is 5.00 Å². The summed E-state index contributed by atoms with van der Waals surface area (Å²) in [5.74, 6) is 0.447. The summed E-state index contributed by atoms with van der Waals surface area (Å²) in [6.07, 6.45) is 0.900. The van der Waals surface area contributed by atoms with Crippen molar-refractivity contribution in [1.29, 1.82) is 0 Å². The number of aromatic nitrogens is 1. The highest BCUT2D eigenvalue weighted by Gasteiger charge is 2.28. The van der Waals surface area contributed by atoms with E-state index < -0.39 is 10.0 Å². The summed E-state index contributed by atoms with van der Waals surface area (Å²) in [5, 5.41) is 3.77. The molecule has 1 aromatic heterocycles. The van der Waals surface area contributed by atoms with Crippen LogP contribution in [0, 0.1) is 5.92 Å². The van der Waals surface area contributed by atoms with Crippen LogP contribution in [0.5, 0.6) is 0 Å². The van der Waals surface area contributed by atoms with E-state index in [4.69, 9.17) is 5.73 Å². The van der Waals surface area contributed by atoms with Crippen molar-refractivity contribution in [3.63, 3.8) is 0 Å². The highest BCUT2D eigenvalue weighted by molar-refractivity contribution is 7.89. The van der Waals surface area contributed by atoms with E-state index in [1.165, 1.54) is 14.1 Å². The largest absolute Gasteiger partial charge is 0.382 e. The van der Waals surface area contributed by atoms with Gasteiger partial charge in [0.15, 0.2) is 10.7 Å². The molecule has 6 nitrogen and oxygen atoms in total. The SMILES string of the molecule is CCC(Nc1snc(N)c1S(=O)(=O)N(C)C)C(C)C. The summed E-state index contributed by atoms with van der Waals surface area (Å²) in [4.78, 5) is 0.0848. The first-order valence-corrected chi connectivity index (χ1v) is 8.37. The molecule has 0 radical (unpaired) electrons. The molecule has 0 fully saturated rings. The molecule has 110 valence electrons. The van der Waals surface area contributed by atoms with E-state index in [-0.39, 0.29) is 16.8 Å². The molecular formula is C11H22N4O2S2. The van der Waals surface area contributed by atoms with Gasteiger partial charge in [-0.2, -0.15) is 4.37 Å². The van der Waals surface area contributed by atoms with E-state index >= 15 is 0 Å². The number of rotatable bonds is 6. The van der Waals surface area contributed by atoms with E-state index in [2.05, 4.69) is 30.5 Å². The standard InChI is InChI=1S/C11H22N4O2S2/c1-6-8(7(2)3)13-11-9(10(12)14-18-11)19(16,17)15(4)5/h7-8,13H,6H2,1-5H3,(H2,12,14). The van der Waals surface area contributed by atoms with Gasteiger partial charge in [-0.1, -0.05) is 20.8 Å². The van der Waals surface area contributed by atoms with Crippen LogP contribution in [-0.4, -0.2) is 37.2 Å². The molecule has 0 saturated carbocycles. The second-order valence-corrected chi connectivity index (χ2v) is 7.78. The Morgan fingerprint density at radius 2 is 2.00 bits per heavy atom. The van der Waals surface area contributed by atoms with Crippen LogP contribution in [0.4, 0.5) is 10.8 Å². The Balaban J connectivity index is 3.19. The van der Waals surface area contributed by atoms with Gasteiger partial charge in [0, 0.05) is 20.1 Å². The molecule has 0 amide bonds. The average Bonchev–Trinajstić information content (AvgIpc) is 2.67. The number of nitrogens with two attached hydrogens (primary N) is 1. The van der Waals surface area contributed by atoms with Gasteiger partial charge in [0.2, 0.25) is 10.0 Å². The normalized spacial score (nSPS) is 14.1. The van der Waals surface area contributed by atoms with Gasteiger partial charge in [-0.3, -0.25) is 0 Å². The molecule has 0 aliphatic rings. The summed E-state index contributed by atoms with van der Waals surface area (Å²) in [6.45, 7) is 6.24. The van der Waals surface area contributed by atoms with Crippen LogP contribution >= 0.6 is 11.5 Å². The molecule has 19 heavy (non-hydrogen) atoms. The molecule has 0 spiro atoms. The van der Waals surface area contributed by atoms with Crippen LogP contribution in [0.3, 0.4) is 0 Å². The van der Waals surface area contributed by atoms with Gasteiger partial charge in [-0.15, -0.1) is 0 Å². The Kier molecular flexibility index (Phi) is 5.17. The lowest BCUT2D eigenvalue weighted by Gasteiger charge is -2.22. The Bertz CT molecular complexity index is 523. The van der Waals surface area contributed by atoms with E-state index in [0.29, 0.717) is 10.9 Å². The molecule has 0 aromatic carbocycles. The van der Waals surface area contributed by atoms with Crippen molar-refractivity contribution in [2.75, 3.05) is 25.1 Å². The fourth-order valence-electron chi connectivity index (χ4n) is 1.73. The van der Waals surface area contributed by atoms with Crippen molar-refractivity contribution in [2.45, 2.75) is 38.1 Å². The number of anilines is 2. The van der Waals surface area contributed by atoms with Gasteiger partial charge >= 0.3 is 0 Å². The maximum absolute atomic E-state index is 12.2. The molecule has 0 bridgehead atoms. The summed E-state index contributed by atoms with van der Waals surface area (Å²) in [7, 11) is -0.616. The molecule has 0 aliphatic carbocycles. The van der Waals surface area contributed by atoms with E-state index in [9.17, 15) is 8.42 Å². The minimum absolute atomic E-state index is 0.0554. The van der Waals surface area contributed by atoms with Gasteiger partial charge in [0.05, 0.1) is 0 Å². The van der Waals surface area contributed by atoms with Crippen molar-refractivity contribution in [1.82, 2.24) is 8.68 Å². The van der Waals surface area contributed by atoms with Gasteiger partial charge in [-0.05, 0) is 23.9 Å². The number of nitrogens with one attached hydrogen (secondary N) is 1. The van der Waals surface area contributed by atoms with E-state index in [0.717, 1.165) is 22.3 Å². The van der Waals surface area contributed by atoms with Gasteiger partial charge in [0.25, 0.3) is 0 Å². The molecule has 1 rings (SSSR count). The minimum Gasteiger partial charge on any atom is -0.382 e. The lowest BCUT2D eigenvalue weighted by Crippen LogP contribution is -2.27. The Morgan fingerprint density at radius 3 is 2.42 bits per heavy atom. The number of hydrogen-bond donors (Lipinski definition) is 2. The van der Waals surface area contributed by atoms with E-state index in [1.807, 2.05) is 0 Å². The highest BCUT2D eigenvalue weighted by Crippen LogP contribution is 2.34. The second kappa shape index (κ2) is 6.06. The molecule has 1 atom stereocenters. The first kappa shape index (κ1) is 16.2. The molecular weight excluding hydrogens is 284 g/mol. The Morgan fingerprint density at radius 1 is 1.42 bits per heavy atom. The third kappa shape index (κ3) is 3.37. The fraction of sp³-hybridized carbons (Fsp3) is 0.727. The summed E-state index contributed by atoms with van der Waals surface area (Å²) in [6, 6.07) is 0.191. The van der Waals surface area contributed by atoms with Crippen LogP contribution < -0.4 is 11.1 Å². The van der Waals surface area contributed by atoms with Crippen molar-refractivity contribution in [3.8, 4) is 0 Å². The first-order chi connectivity index (χ1) is 8.71. The third-order valence-electron chi connectivity index (χ3n) is 2.97. The summed E-state index contributed by atoms with van der Waals surface area (Å²) < 4.78 is 29.6. The molecule has 1 unspecified atom stereocenters. The lowest BCUT2D eigenvalue weighted by atomic mass is 10.0. The first-order valence-electron chi connectivity index (χ1n) is 6.16. The van der Waals surface area contributed by atoms with Crippen molar-refractivity contribution >= 4 is 32.4 Å². The average molecular weight is 306 g/mol. The molecule has 0 saturated heterocycles. The molecule has 8 heteroatoms. The predicted octanol–water partition coefficient (Wildman–Crippen LogP) is 1.82. The minimum atomic E-state index is -3.58. The molecule has 1 aromatic rings. The van der Waals surface area contributed by atoms with Gasteiger partial charge in [-0.25, -0.2) is 12.7 Å². The lowest BCUT2D eigenvalue weighted by molar-refractivity contribution is 0.508. The third-order valence-corrected chi connectivity index (χ3v) is 5.79. The zero-order valence-electron chi connectivity index (χ0n) is 12.0. The number of sulfonamides is 1. The fourth-order valence-corrected chi connectivity index (χ4v) is 3.85. The van der Waals surface area contributed by atoms with Crippen LogP contribution in [0.2, 0.25) is 0 Å². The molecule has 1 heterocycles. The Hall–Kier alpha value is -0.860. The van der Waals surface area contributed by atoms with Crippen LogP contribution in [-0.2, 0) is 10.0 Å². The summed E-state index contributed by atoms with van der Waals surface area (Å²) >= 11 is 1.09. The van der Waals surface area contributed by atoms with Crippen LogP contribution in [0.25, 0.3) is 0 Å². The quantitative estimate of drug-likeness (QED) is 0.837. The zero-order chi connectivity index (χ0) is 14.8. The van der Waals surface area contributed by atoms with Crippen LogP contribution in [0.1, 0.15) is 27.2 Å². The molecule has 3 N–H and O–H groups in total. The molecule has 0 aliphatic heterocycles. The Labute approximate surface area is 119 Å². The van der Waals surface area contributed by atoms with E-state index in [1.54, 1.807) is 0 Å². The van der Waals surface area contributed by atoms with Crippen molar-refractivity contribution in [2.24, 2.45) is 5.92 Å². The smallest absolute Gasteiger partial charge is 0.249 e. The maximum atomic E-state index is 12.2. The van der Waals surface area contributed by atoms with Crippen molar-refractivity contribution in [3.05, 3.63) is 0 Å². The van der Waals surface area contributed by atoms with Crippen LogP contribution in [0.15, 0.2) is 4.90 Å². The highest BCUT2D eigenvalue weighted by atomic mass is 32.2. The summed E-state index contributed by atoms with van der Waals surface area (Å²) in [5.41, 5.74) is 5.71. The zero-order valence-corrected chi connectivity index (χ0v) is 13.6. The predicted molar refractivity (Wildman–Crippen MR) is 79.9 cm³/mol. The number of nitrogens with zero attached hydrogens (tertiary/aromatic N) is 2. The monoisotopic (exact) mass is 306 g/mol. The number of nitrogen functional groups attached to an aromatic ring is 1. The topological polar surface area (TPSA) is 88.3 Å². The second-order valence-electron chi connectivity index (χ2n) is 4.92. The maximum Gasteiger partial charge on any atom is 0.249 e. The van der Waals surface area contributed by atoms with Gasteiger partial charge < -0.3 is 11.1 Å².